The maximum Gasteiger partial charge on any atom is 0.272 e. The number of hydrogen-bond acceptors (Lipinski definition) is 8. The van der Waals surface area contributed by atoms with Crippen LogP contribution in [0.2, 0.25) is 0 Å². The van der Waals surface area contributed by atoms with Crippen LogP contribution in [0.25, 0.3) is 0 Å². The van der Waals surface area contributed by atoms with Gasteiger partial charge in [0.25, 0.3) is 11.8 Å². The quantitative estimate of drug-likeness (QED) is 0.479. The molecule has 152 valence electrons. The van der Waals surface area contributed by atoms with Gasteiger partial charge in [0.05, 0.1) is 35.4 Å². The van der Waals surface area contributed by atoms with Crippen molar-refractivity contribution in [2.45, 2.75) is 0 Å². The third-order valence-electron chi connectivity index (χ3n) is 4.41. The van der Waals surface area contributed by atoms with Gasteiger partial charge < -0.3 is 9.47 Å². The maximum atomic E-state index is 13.1. The summed E-state index contributed by atoms with van der Waals surface area (Å²) in [6.45, 7) is 0. The number of benzene rings is 2. The van der Waals surface area contributed by atoms with E-state index in [4.69, 9.17) is 33.9 Å². The molecule has 0 spiro atoms. The van der Waals surface area contributed by atoms with Gasteiger partial charge in [-0.25, -0.2) is 0 Å². The van der Waals surface area contributed by atoms with Crippen molar-refractivity contribution in [3.63, 3.8) is 0 Å². The first-order chi connectivity index (χ1) is 14.4. The standard InChI is InChI=1S/C20H14N2O4S4/c1-25-13-7-3-11(4-8-13)21-17(23)15(29-19(21)27)16-18(24)22(20(28)30-16)12-5-9-14(26-2)10-6-12/h3-10H,1-2H3. The highest BCUT2D eigenvalue weighted by Crippen LogP contribution is 2.44. The van der Waals surface area contributed by atoms with E-state index in [1.165, 1.54) is 9.80 Å². The molecule has 2 aliphatic rings. The lowest BCUT2D eigenvalue weighted by Gasteiger charge is -2.15. The molecule has 0 radical (unpaired) electrons. The lowest BCUT2D eigenvalue weighted by molar-refractivity contribution is -0.115. The van der Waals surface area contributed by atoms with E-state index in [1.807, 2.05) is 0 Å². The number of hydrogen-bond donors (Lipinski definition) is 0. The van der Waals surface area contributed by atoms with Crippen LogP contribution in [-0.2, 0) is 9.59 Å². The molecule has 0 N–H and O–H groups in total. The number of nitrogens with zero attached hydrogens (tertiary/aromatic N) is 2. The molecule has 0 unspecified atom stereocenters. The SMILES string of the molecule is COc1ccc(N2C(=O)C(=C3SC(=S)N(c4ccc(OC)cc4)C3=O)SC2=S)cc1. The summed E-state index contributed by atoms with van der Waals surface area (Å²) in [5, 5.41) is 0. The van der Waals surface area contributed by atoms with E-state index in [2.05, 4.69) is 0 Å². The highest BCUT2D eigenvalue weighted by molar-refractivity contribution is 8.30. The minimum Gasteiger partial charge on any atom is -0.497 e. The number of ether oxygens (including phenoxy) is 2. The Morgan fingerprint density at radius 2 is 1.00 bits per heavy atom. The largest absolute Gasteiger partial charge is 0.497 e. The van der Waals surface area contributed by atoms with E-state index < -0.39 is 0 Å². The Labute approximate surface area is 192 Å². The third kappa shape index (κ3) is 3.60. The summed E-state index contributed by atoms with van der Waals surface area (Å²) >= 11 is 13.0. The molecular weight excluding hydrogens is 460 g/mol. The van der Waals surface area contributed by atoms with Crippen molar-refractivity contribution in [3.05, 3.63) is 58.3 Å². The molecule has 2 aromatic carbocycles. The molecule has 6 nitrogen and oxygen atoms in total. The van der Waals surface area contributed by atoms with E-state index >= 15 is 0 Å². The highest BCUT2D eigenvalue weighted by Gasteiger charge is 2.43. The van der Waals surface area contributed by atoms with Crippen molar-refractivity contribution >= 4 is 79.8 Å². The summed E-state index contributed by atoms with van der Waals surface area (Å²) < 4.78 is 11.0. The number of anilines is 2. The Hall–Kier alpha value is -2.40. The fourth-order valence-corrected chi connectivity index (χ4v) is 5.67. The molecule has 2 aliphatic heterocycles. The van der Waals surface area contributed by atoms with Crippen LogP contribution in [0.3, 0.4) is 0 Å². The number of rotatable bonds is 4. The molecule has 0 saturated carbocycles. The highest BCUT2D eigenvalue weighted by atomic mass is 32.2. The van der Waals surface area contributed by atoms with Crippen LogP contribution in [0.4, 0.5) is 11.4 Å². The average molecular weight is 475 g/mol. The smallest absolute Gasteiger partial charge is 0.272 e. The molecule has 0 atom stereocenters. The molecule has 0 aliphatic carbocycles. The second kappa shape index (κ2) is 8.38. The molecule has 2 saturated heterocycles. The van der Waals surface area contributed by atoms with E-state index in [0.29, 0.717) is 31.5 Å². The Morgan fingerprint density at radius 3 is 1.30 bits per heavy atom. The molecule has 10 heteroatoms. The molecule has 2 fully saturated rings. The summed E-state index contributed by atoms with van der Waals surface area (Å²) in [7, 11) is 3.14. The maximum absolute atomic E-state index is 13.1. The van der Waals surface area contributed by atoms with Crippen LogP contribution in [0.1, 0.15) is 0 Å². The van der Waals surface area contributed by atoms with E-state index in [-0.39, 0.29) is 21.6 Å². The lowest BCUT2D eigenvalue weighted by atomic mass is 10.2. The van der Waals surface area contributed by atoms with Crippen molar-refractivity contribution in [3.8, 4) is 11.5 Å². The number of carbonyl (C=O) groups is 2. The van der Waals surface area contributed by atoms with Gasteiger partial charge in [0.2, 0.25) is 0 Å². The van der Waals surface area contributed by atoms with Crippen LogP contribution in [0.5, 0.6) is 11.5 Å². The molecular formula is C20H14N2O4S4. The average Bonchev–Trinajstić information content (AvgIpc) is 3.22. The Kier molecular flexibility index (Phi) is 5.83. The van der Waals surface area contributed by atoms with Crippen LogP contribution < -0.4 is 19.3 Å². The van der Waals surface area contributed by atoms with E-state index in [9.17, 15) is 9.59 Å². The summed E-state index contributed by atoms with van der Waals surface area (Å²) in [5.74, 6) is 0.657. The Balaban J connectivity index is 1.65. The fourth-order valence-electron chi connectivity index (χ4n) is 2.92. The van der Waals surface area contributed by atoms with E-state index in [0.717, 1.165) is 23.5 Å². The third-order valence-corrected chi connectivity index (χ3v) is 7.28. The molecule has 30 heavy (non-hydrogen) atoms. The number of thiocarbonyl (C=S) groups is 2. The predicted octanol–water partition coefficient (Wildman–Crippen LogP) is 4.35. The number of thioether (sulfide) groups is 2. The monoisotopic (exact) mass is 474 g/mol. The van der Waals surface area contributed by atoms with Gasteiger partial charge in [-0.3, -0.25) is 19.4 Å². The summed E-state index contributed by atoms with van der Waals surface area (Å²) in [4.78, 5) is 29.6. The van der Waals surface area contributed by atoms with Crippen LogP contribution in [0, 0.1) is 0 Å². The van der Waals surface area contributed by atoms with Gasteiger partial charge in [-0.05, 0) is 48.5 Å². The normalized spacial score (nSPS) is 19.1. The number of methoxy groups -OCH3 is 2. The number of amides is 2. The van der Waals surface area contributed by atoms with Crippen molar-refractivity contribution in [1.82, 2.24) is 0 Å². The molecule has 2 amide bonds. The van der Waals surface area contributed by atoms with Gasteiger partial charge >= 0.3 is 0 Å². The van der Waals surface area contributed by atoms with Crippen molar-refractivity contribution in [1.29, 1.82) is 0 Å². The number of carbonyl (C=O) groups excluding carboxylic acids is 2. The first-order valence-electron chi connectivity index (χ1n) is 8.59. The zero-order valence-corrected chi connectivity index (χ0v) is 19.0. The second-order valence-electron chi connectivity index (χ2n) is 6.07. The minimum atomic E-state index is -0.342. The first-order valence-corrected chi connectivity index (χ1v) is 11.0. The zero-order chi connectivity index (χ0) is 21.4. The zero-order valence-electron chi connectivity index (χ0n) is 15.8. The Bertz CT molecular complexity index is 1010. The van der Waals surface area contributed by atoms with Gasteiger partial charge in [0, 0.05) is 0 Å². The lowest BCUT2D eigenvalue weighted by Crippen LogP contribution is -2.29. The van der Waals surface area contributed by atoms with Gasteiger partial charge in [-0.15, -0.1) is 0 Å². The summed E-state index contributed by atoms with van der Waals surface area (Å²) in [6.07, 6.45) is 0. The van der Waals surface area contributed by atoms with Gasteiger partial charge in [-0.2, -0.15) is 0 Å². The summed E-state index contributed by atoms with van der Waals surface area (Å²) in [5.41, 5.74) is 1.22. The van der Waals surface area contributed by atoms with Crippen LogP contribution in [0.15, 0.2) is 58.3 Å². The van der Waals surface area contributed by atoms with Gasteiger partial charge in [0.15, 0.2) is 8.64 Å². The molecule has 2 heterocycles. The topological polar surface area (TPSA) is 59.1 Å². The predicted molar refractivity (Wildman–Crippen MR) is 128 cm³/mol. The van der Waals surface area contributed by atoms with Crippen molar-refractivity contribution in [2.24, 2.45) is 0 Å². The van der Waals surface area contributed by atoms with Crippen LogP contribution in [-0.4, -0.2) is 34.7 Å². The summed E-state index contributed by atoms with van der Waals surface area (Å²) in [6, 6.07) is 14.0. The fraction of sp³-hybridized carbons (Fsp3) is 0.100. The van der Waals surface area contributed by atoms with E-state index in [1.54, 1.807) is 62.8 Å². The Morgan fingerprint density at radius 1 is 0.667 bits per heavy atom. The minimum absolute atomic E-state index is 0.282. The second-order valence-corrected chi connectivity index (χ2v) is 9.36. The molecule has 4 rings (SSSR count). The molecule has 0 bridgehead atoms. The molecule has 0 aromatic heterocycles. The van der Waals surface area contributed by atoms with Crippen molar-refractivity contribution in [2.75, 3.05) is 24.0 Å². The first kappa shape index (κ1) is 20.9. The van der Waals surface area contributed by atoms with Gasteiger partial charge in [-0.1, -0.05) is 48.0 Å². The molecule has 2 aromatic rings. The van der Waals surface area contributed by atoms with Crippen molar-refractivity contribution < 1.29 is 19.1 Å². The van der Waals surface area contributed by atoms with Gasteiger partial charge in [0.1, 0.15) is 11.5 Å². The van der Waals surface area contributed by atoms with Crippen LogP contribution >= 0.6 is 48.0 Å².